The first-order valence-electron chi connectivity index (χ1n) is 7.05. The molecule has 2 aromatic rings. The van der Waals surface area contributed by atoms with E-state index < -0.39 is 0 Å². The van der Waals surface area contributed by atoms with Crippen LogP contribution in [0.25, 0.3) is 0 Å². The molecule has 108 valence electrons. The number of benzene rings is 2. The van der Waals surface area contributed by atoms with Crippen LogP contribution in [0.1, 0.15) is 29.2 Å². The van der Waals surface area contributed by atoms with E-state index in [4.69, 9.17) is 10.00 Å². The van der Waals surface area contributed by atoms with E-state index in [0.717, 1.165) is 17.7 Å². The van der Waals surface area contributed by atoms with Crippen molar-refractivity contribution < 1.29 is 4.74 Å². The van der Waals surface area contributed by atoms with Crippen LogP contribution in [-0.2, 0) is 17.9 Å². The molecular formula is C18H20N2O. The van der Waals surface area contributed by atoms with Crippen LogP contribution in [0.15, 0.2) is 54.6 Å². The van der Waals surface area contributed by atoms with Gasteiger partial charge >= 0.3 is 0 Å². The second-order valence-electron chi connectivity index (χ2n) is 4.96. The minimum atomic E-state index is 0.0577. The lowest BCUT2D eigenvalue weighted by Crippen LogP contribution is -2.20. The zero-order chi connectivity index (χ0) is 14.9. The molecule has 1 atom stereocenters. The lowest BCUT2D eigenvalue weighted by Gasteiger charge is -2.16. The standard InChI is InChI=1S/C18H20N2O/c1-21-14-16-7-5-6-15(12-16)13-20-18(10-11-19)17-8-3-2-4-9-17/h2-9,12,18,20H,10,13-14H2,1H3. The minimum Gasteiger partial charge on any atom is -0.380 e. The van der Waals surface area contributed by atoms with Crippen LogP contribution >= 0.6 is 0 Å². The number of hydrogen-bond acceptors (Lipinski definition) is 3. The van der Waals surface area contributed by atoms with Crippen LogP contribution < -0.4 is 5.32 Å². The van der Waals surface area contributed by atoms with Crippen molar-refractivity contribution in [3.05, 3.63) is 71.3 Å². The molecule has 0 saturated carbocycles. The van der Waals surface area contributed by atoms with Gasteiger partial charge in [0.05, 0.1) is 19.1 Å². The van der Waals surface area contributed by atoms with Crippen molar-refractivity contribution in [1.29, 1.82) is 5.26 Å². The first-order valence-corrected chi connectivity index (χ1v) is 7.05. The Morgan fingerprint density at radius 2 is 1.86 bits per heavy atom. The van der Waals surface area contributed by atoms with E-state index in [9.17, 15) is 0 Å². The van der Waals surface area contributed by atoms with Crippen molar-refractivity contribution in [1.82, 2.24) is 5.32 Å². The number of nitrogens with one attached hydrogen (secondary N) is 1. The van der Waals surface area contributed by atoms with E-state index in [1.165, 1.54) is 5.56 Å². The summed E-state index contributed by atoms with van der Waals surface area (Å²) in [5.74, 6) is 0. The number of nitriles is 1. The molecule has 0 aromatic heterocycles. The molecule has 0 aliphatic carbocycles. The summed E-state index contributed by atoms with van der Waals surface area (Å²) in [5.41, 5.74) is 3.50. The molecule has 21 heavy (non-hydrogen) atoms. The summed E-state index contributed by atoms with van der Waals surface area (Å²) in [7, 11) is 1.70. The predicted molar refractivity (Wildman–Crippen MR) is 83.4 cm³/mol. The van der Waals surface area contributed by atoms with Crippen LogP contribution in [0.4, 0.5) is 0 Å². The highest BCUT2D eigenvalue weighted by molar-refractivity contribution is 5.24. The Labute approximate surface area is 126 Å². The van der Waals surface area contributed by atoms with Gasteiger partial charge in [-0.2, -0.15) is 5.26 Å². The predicted octanol–water partition coefficient (Wildman–Crippen LogP) is 3.58. The van der Waals surface area contributed by atoms with Crippen LogP contribution in [0.5, 0.6) is 0 Å². The van der Waals surface area contributed by atoms with Crippen LogP contribution in [-0.4, -0.2) is 7.11 Å². The van der Waals surface area contributed by atoms with Gasteiger partial charge in [-0.05, 0) is 16.7 Å². The molecule has 1 unspecified atom stereocenters. The lowest BCUT2D eigenvalue weighted by atomic mass is 10.0. The van der Waals surface area contributed by atoms with Gasteiger partial charge in [0, 0.05) is 19.7 Å². The summed E-state index contributed by atoms with van der Waals surface area (Å²) in [4.78, 5) is 0. The smallest absolute Gasteiger partial charge is 0.0713 e. The Bertz CT molecular complexity index is 590. The molecule has 0 radical (unpaired) electrons. The molecule has 3 nitrogen and oxygen atoms in total. The van der Waals surface area contributed by atoms with Crippen LogP contribution in [0.3, 0.4) is 0 Å². The molecule has 2 rings (SSSR count). The topological polar surface area (TPSA) is 45.0 Å². The molecule has 0 spiro atoms. The van der Waals surface area contributed by atoms with Crippen LogP contribution in [0.2, 0.25) is 0 Å². The Morgan fingerprint density at radius 1 is 1.10 bits per heavy atom. The number of rotatable bonds is 7. The quantitative estimate of drug-likeness (QED) is 0.843. The number of methoxy groups -OCH3 is 1. The fraction of sp³-hybridized carbons (Fsp3) is 0.278. The van der Waals surface area contributed by atoms with Gasteiger partial charge in [-0.1, -0.05) is 54.6 Å². The van der Waals surface area contributed by atoms with E-state index in [-0.39, 0.29) is 6.04 Å². The maximum absolute atomic E-state index is 9.00. The second-order valence-corrected chi connectivity index (χ2v) is 4.96. The van der Waals surface area contributed by atoms with Gasteiger partial charge in [0.25, 0.3) is 0 Å². The maximum atomic E-state index is 9.00. The zero-order valence-electron chi connectivity index (χ0n) is 12.3. The molecule has 0 fully saturated rings. The van der Waals surface area contributed by atoms with Gasteiger partial charge in [-0.25, -0.2) is 0 Å². The molecule has 0 amide bonds. The number of hydrogen-bond donors (Lipinski definition) is 1. The highest BCUT2D eigenvalue weighted by Crippen LogP contribution is 2.17. The Morgan fingerprint density at radius 3 is 2.57 bits per heavy atom. The fourth-order valence-electron chi connectivity index (χ4n) is 2.32. The molecule has 3 heteroatoms. The van der Waals surface area contributed by atoms with Crippen molar-refractivity contribution in [3.63, 3.8) is 0 Å². The molecule has 0 bridgehead atoms. The highest BCUT2D eigenvalue weighted by Gasteiger charge is 2.10. The van der Waals surface area contributed by atoms with E-state index in [2.05, 4.69) is 41.7 Å². The van der Waals surface area contributed by atoms with Gasteiger partial charge in [-0.3, -0.25) is 0 Å². The first kappa shape index (κ1) is 15.2. The minimum absolute atomic E-state index is 0.0577. The van der Waals surface area contributed by atoms with E-state index in [0.29, 0.717) is 13.0 Å². The average Bonchev–Trinajstić information content (AvgIpc) is 2.53. The van der Waals surface area contributed by atoms with Crippen molar-refractivity contribution in [2.45, 2.75) is 25.6 Å². The molecular weight excluding hydrogens is 260 g/mol. The summed E-state index contributed by atoms with van der Waals surface area (Å²) in [5, 5.41) is 12.5. The average molecular weight is 280 g/mol. The number of nitrogens with zero attached hydrogens (tertiary/aromatic N) is 1. The van der Waals surface area contributed by atoms with Crippen molar-refractivity contribution >= 4 is 0 Å². The van der Waals surface area contributed by atoms with Gasteiger partial charge in [0.2, 0.25) is 0 Å². The van der Waals surface area contributed by atoms with Crippen LogP contribution in [0, 0.1) is 11.3 Å². The molecule has 2 aromatic carbocycles. The summed E-state index contributed by atoms with van der Waals surface area (Å²) >= 11 is 0. The second kappa shape index (κ2) is 8.21. The Hall–Kier alpha value is -2.15. The fourth-order valence-corrected chi connectivity index (χ4v) is 2.32. The monoisotopic (exact) mass is 280 g/mol. The molecule has 0 heterocycles. The van der Waals surface area contributed by atoms with Crippen molar-refractivity contribution in [2.24, 2.45) is 0 Å². The summed E-state index contributed by atoms with van der Waals surface area (Å²) in [6.07, 6.45) is 0.460. The third-order valence-corrected chi connectivity index (χ3v) is 3.35. The SMILES string of the molecule is COCc1cccc(CNC(CC#N)c2ccccc2)c1. The summed E-state index contributed by atoms with van der Waals surface area (Å²) in [6.45, 7) is 1.35. The third-order valence-electron chi connectivity index (χ3n) is 3.35. The van der Waals surface area contributed by atoms with Gasteiger partial charge in [0.1, 0.15) is 0 Å². The van der Waals surface area contributed by atoms with Gasteiger partial charge < -0.3 is 10.1 Å². The van der Waals surface area contributed by atoms with E-state index in [1.54, 1.807) is 7.11 Å². The van der Waals surface area contributed by atoms with Crippen molar-refractivity contribution in [2.75, 3.05) is 7.11 Å². The third kappa shape index (κ3) is 4.71. The highest BCUT2D eigenvalue weighted by atomic mass is 16.5. The summed E-state index contributed by atoms with van der Waals surface area (Å²) < 4.78 is 5.15. The lowest BCUT2D eigenvalue weighted by molar-refractivity contribution is 0.185. The summed E-state index contributed by atoms with van der Waals surface area (Å²) in [6, 6.07) is 20.7. The zero-order valence-corrected chi connectivity index (χ0v) is 12.3. The molecule has 0 saturated heterocycles. The largest absolute Gasteiger partial charge is 0.380 e. The van der Waals surface area contributed by atoms with E-state index in [1.807, 2.05) is 24.3 Å². The van der Waals surface area contributed by atoms with Crippen molar-refractivity contribution in [3.8, 4) is 6.07 Å². The molecule has 0 aliphatic rings. The Balaban J connectivity index is 2.02. The first-order chi connectivity index (χ1) is 10.3. The normalized spacial score (nSPS) is 11.8. The molecule has 0 aliphatic heterocycles. The van der Waals surface area contributed by atoms with E-state index >= 15 is 0 Å². The Kier molecular flexibility index (Phi) is 5.96. The van der Waals surface area contributed by atoms with Gasteiger partial charge in [0.15, 0.2) is 0 Å². The molecule has 1 N–H and O–H groups in total. The van der Waals surface area contributed by atoms with Gasteiger partial charge in [-0.15, -0.1) is 0 Å². The number of ether oxygens (including phenoxy) is 1. The maximum Gasteiger partial charge on any atom is 0.0713 e.